The lowest BCUT2D eigenvalue weighted by molar-refractivity contribution is -0.00899. The van der Waals surface area contributed by atoms with E-state index in [0.29, 0.717) is 32.2 Å². The smallest absolute Gasteiger partial charge is 0.410 e. The molecule has 0 spiro atoms. The zero-order chi connectivity index (χ0) is 15.4. The Morgan fingerprint density at radius 3 is 2.91 bits per heavy atom. The van der Waals surface area contributed by atoms with Gasteiger partial charge in [0.15, 0.2) is 0 Å². The maximum absolute atomic E-state index is 12.2. The van der Waals surface area contributed by atoms with Gasteiger partial charge in [-0.1, -0.05) is 0 Å². The number of rotatable bonds is 3. The minimum atomic E-state index is -0.252. The largest absolute Gasteiger partial charge is 0.472 e. The number of carbonyl (C=O) groups excluding carboxylic acids is 1. The summed E-state index contributed by atoms with van der Waals surface area (Å²) in [6.45, 7) is 2.51. The predicted octanol–water partition coefficient (Wildman–Crippen LogP) is 2.61. The van der Waals surface area contributed by atoms with Gasteiger partial charge >= 0.3 is 6.09 Å². The summed E-state index contributed by atoms with van der Waals surface area (Å²) in [6.07, 6.45) is 3.71. The molecular weight excluding hydrogens is 352 g/mol. The average molecular weight is 371 g/mol. The molecule has 0 aliphatic carbocycles. The van der Waals surface area contributed by atoms with Crippen LogP contribution in [0.5, 0.6) is 5.88 Å². The molecule has 2 fully saturated rings. The van der Waals surface area contributed by atoms with Gasteiger partial charge in [-0.25, -0.2) is 9.78 Å². The van der Waals surface area contributed by atoms with Crippen molar-refractivity contribution >= 4 is 22.0 Å². The summed E-state index contributed by atoms with van der Waals surface area (Å²) >= 11 is 3.41. The summed E-state index contributed by atoms with van der Waals surface area (Å²) < 4.78 is 17.5. The molecule has 0 aromatic carbocycles. The quantitative estimate of drug-likeness (QED) is 0.818. The maximum Gasteiger partial charge on any atom is 0.410 e. The van der Waals surface area contributed by atoms with Gasteiger partial charge in [0.2, 0.25) is 5.88 Å². The molecule has 120 valence electrons. The first-order valence-electron chi connectivity index (χ1n) is 7.53. The molecular formula is C15H19BrN2O4. The number of pyridine rings is 1. The van der Waals surface area contributed by atoms with E-state index in [2.05, 4.69) is 20.9 Å². The van der Waals surface area contributed by atoms with Crippen LogP contribution in [0.15, 0.2) is 22.8 Å². The Balaban J connectivity index is 1.49. The van der Waals surface area contributed by atoms with Crippen molar-refractivity contribution in [1.29, 1.82) is 0 Å². The van der Waals surface area contributed by atoms with E-state index in [4.69, 9.17) is 14.2 Å². The van der Waals surface area contributed by atoms with Crippen molar-refractivity contribution in [2.24, 2.45) is 0 Å². The molecule has 0 unspecified atom stereocenters. The van der Waals surface area contributed by atoms with Gasteiger partial charge in [0, 0.05) is 32.0 Å². The number of hydrogen-bond donors (Lipinski definition) is 0. The first kappa shape index (κ1) is 15.6. The molecule has 2 saturated heterocycles. The molecule has 0 bridgehead atoms. The highest BCUT2D eigenvalue weighted by Crippen LogP contribution is 2.25. The number of amides is 1. The van der Waals surface area contributed by atoms with Crippen LogP contribution in [0, 0.1) is 0 Å². The Morgan fingerprint density at radius 2 is 2.14 bits per heavy atom. The topological polar surface area (TPSA) is 60.9 Å². The fourth-order valence-corrected chi connectivity index (χ4v) is 2.97. The number of halogens is 1. The van der Waals surface area contributed by atoms with E-state index in [1.165, 1.54) is 0 Å². The van der Waals surface area contributed by atoms with E-state index in [-0.39, 0.29) is 18.3 Å². The molecule has 1 amide bonds. The standard InChI is InChI=1S/C15H19BrN2O4/c16-13-2-1-6-17-14(13)21-12-3-7-18(10-12)15(19)22-11-4-8-20-9-5-11/h1-2,6,11-12H,3-5,7-10H2/t12-/m0/s1. The molecule has 0 saturated carbocycles. The van der Waals surface area contributed by atoms with E-state index in [9.17, 15) is 4.79 Å². The van der Waals surface area contributed by atoms with Crippen LogP contribution in [0.2, 0.25) is 0 Å². The van der Waals surface area contributed by atoms with Crippen molar-refractivity contribution in [2.45, 2.75) is 31.5 Å². The molecule has 1 atom stereocenters. The van der Waals surface area contributed by atoms with Gasteiger partial charge in [0.05, 0.1) is 24.2 Å². The minimum Gasteiger partial charge on any atom is -0.472 e. The second-order valence-electron chi connectivity index (χ2n) is 5.46. The van der Waals surface area contributed by atoms with Crippen LogP contribution in [0.1, 0.15) is 19.3 Å². The maximum atomic E-state index is 12.2. The van der Waals surface area contributed by atoms with Crippen LogP contribution in [0.25, 0.3) is 0 Å². The highest BCUT2D eigenvalue weighted by atomic mass is 79.9. The van der Waals surface area contributed by atoms with E-state index >= 15 is 0 Å². The Kier molecular flexibility index (Phi) is 5.15. The zero-order valence-electron chi connectivity index (χ0n) is 12.2. The second kappa shape index (κ2) is 7.28. The molecule has 7 heteroatoms. The number of hydrogen-bond acceptors (Lipinski definition) is 5. The Labute approximate surface area is 137 Å². The molecule has 1 aromatic heterocycles. The van der Waals surface area contributed by atoms with Crippen LogP contribution in [-0.4, -0.2) is 54.5 Å². The second-order valence-corrected chi connectivity index (χ2v) is 6.31. The van der Waals surface area contributed by atoms with E-state index in [0.717, 1.165) is 23.7 Å². The Bertz CT molecular complexity index is 522. The van der Waals surface area contributed by atoms with Crippen molar-refractivity contribution in [3.63, 3.8) is 0 Å². The van der Waals surface area contributed by atoms with Crippen LogP contribution in [-0.2, 0) is 9.47 Å². The summed E-state index contributed by atoms with van der Waals surface area (Å²) in [7, 11) is 0. The van der Waals surface area contributed by atoms with Gasteiger partial charge in [-0.05, 0) is 28.1 Å². The third-order valence-electron chi connectivity index (χ3n) is 3.84. The van der Waals surface area contributed by atoms with Crippen LogP contribution >= 0.6 is 15.9 Å². The summed E-state index contributed by atoms with van der Waals surface area (Å²) in [5.74, 6) is 0.562. The van der Waals surface area contributed by atoms with Gasteiger partial charge in [-0.3, -0.25) is 0 Å². The van der Waals surface area contributed by atoms with E-state index < -0.39 is 0 Å². The van der Waals surface area contributed by atoms with Crippen molar-refractivity contribution < 1.29 is 19.0 Å². The van der Waals surface area contributed by atoms with E-state index in [1.54, 1.807) is 11.1 Å². The lowest BCUT2D eigenvalue weighted by atomic mass is 10.2. The van der Waals surface area contributed by atoms with Gasteiger partial charge in [-0.2, -0.15) is 0 Å². The van der Waals surface area contributed by atoms with Crippen molar-refractivity contribution in [2.75, 3.05) is 26.3 Å². The summed E-state index contributed by atoms with van der Waals surface area (Å²) in [5.41, 5.74) is 0. The van der Waals surface area contributed by atoms with Gasteiger partial charge < -0.3 is 19.1 Å². The fourth-order valence-electron chi connectivity index (χ4n) is 2.62. The third kappa shape index (κ3) is 3.89. The highest BCUT2D eigenvalue weighted by molar-refractivity contribution is 9.10. The lowest BCUT2D eigenvalue weighted by Crippen LogP contribution is -2.36. The van der Waals surface area contributed by atoms with Crippen LogP contribution in [0.4, 0.5) is 4.79 Å². The molecule has 6 nitrogen and oxygen atoms in total. The predicted molar refractivity (Wildman–Crippen MR) is 82.9 cm³/mol. The first-order chi connectivity index (χ1) is 10.7. The van der Waals surface area contributed by atoms with Gasteiger partial charge in [-0.15, -0.1) is 0 Å². The SMILES string of the molecule is O=C(OC1CCOCC1)N1CC[C@H](Oc2ncccc2Br)C1. The van der Waals surface area contributed by atoms with Crippen LogP contribution < -0.4 is 4.74 Å². The summed E-state index contributed by atoms with van der Waals surface area (Å²) in [6, 6.07) is 3.72. The highest BCUT2D eigenvalue weighted by Gasteiger charge is 2.31. The molecule has 2 aliphatic heterocycles. The monoisotopic (exact) mass is 370 g/mol. The summed E-state index contributed by atoms with van der Waals surface area (Å²) in [4.78, 5) is 18.1. The molecule has 1 aromatic rings. The first-order valence-corrected chi connectivity index (χ1v) is 8.32. The van der Waals surface area contributed by atoms with Crippen LogP contribution in [0.3, 0.4) is 0 Å². The zero-order valence-corrected chi connectivity index (χ0v) is 13.8. The molecule has 3 rings (SSSR count). The lowest BCUT2D eigenvalue weighted by Gasteiger charge is -2.25. The van der Waals surface area contributed by atoms with Crippen molar-refractivity contribution in [3.05, 3.63) is 22.8 Å². The number of carbonyl (C=O) groups is 1. The molecule has 0 N–H and O–H groups in total. The van der Waals surface area contributed by atoms with Gasteiger partial charge in [0.1, 0.15) is 12.2 Å². The third-order valence-corrected chi connectivity index (χ3v) is 4.45. The summed E-state index contributed by atoms with van der Waals surface area (Å²) in [5, 5.41) is 0. The number of likely N-dealkylation sites (tertiary alicyclic amines) is 1. The number of nitrogens with zero attached hydrogens (tertiary/aromatic N) is 2. The van der Waals surface area contributed by atoms with Gasteiger partial charge in [0.25, 0.3) is 0 Å². The van der Waals surface area contributed by atoms with Crippen molar-refractivity contribution in [3.8, 4) is 5.88 Å². The van der Waals surface area contributed by atoms with Crippen molar-refractivity contribution in [1.82, 2.24) is 9.88 Å². The Hall–Kier alpha value is -1.34. The Morgan fingerprint density at radius 1 is 1.32 bits per heavy atom. The molecule has 0 radical (unpaired) electrons. The number of ether oxygens (including phenoxy) is 3. The average Bonchev–Trinajstić information content (AvgIpc) is 2.99. The number of aromatic nitrogens is 1. The minimum absolute atomic E-state index is 0.0221. The normalized spacial score (nSPS) is 22.6. The molecule has 22 heavy (non-hydrogen) atoms. The molecule has 3 heterocycles. The molecule has 2 aliphatic rings. The fraction of sp³-hybridized carbons (Fsp3) is 0.600. The van der Waals surface area contributed by atoms with E-state index in [1.807, 2.05) is 12.1 Å².